The number of hydrogen-bond acceptors (Lipinski definition) is 3. The highest BCUT2D eigenvalue weighted by molar-refractivity contribution is 6.31. The lowest BCUT2D eigenvalue weighted by atomic mass is 10.1. The smallest absolute Gasteiger partial charge is 0.338 e. The number of halogens is 1. The van der Waals surface area contributed by atoms with Crippen molar-refractivity contribution >= 4 is 17.6 Å². The number of rotatable bonds is 4. The predicted molar refractivity (Wildman–Crippen MR) is 98.3 cm³/mol. The van der Waals surface area contributed by atoms with Crippen LogP contribution in [0.3, 0.4) is 0 Å². The molecule has 3 aromatic rings. The summed E-state index contributed by atoms with van der Waals surface area (Å²) in [6.45, 7) is 6.04. The molecule has 128 valence electrons. The summed E-state index contributed by atoms with van der Waals surface area (Å²) in [5.74, 6) is -0.346. The maximum Gasteiger partial charge on any atom is 0.338 e. The van der Waals surface area contributed by atoms with E-state index in [0.29, 0.717) is 10.6 Å². The highest BCUT2D eigenvalue weighted by Crippen LogP contribution is 2.22. The van der Waals surface area contributed by atoms with E-state index in [2.05, 4.69) is 5.10 Å². The number of esters is 1. The molecule has 0 spiro atoms. The minimum Gasteiger partial charge on any atom is -0.457 e. The molecule has 1 aromatic heterocycles. The van der Waals surface area contributed by atoms with Crippen LogP contribution < -0.4 is 0 Å². The van der Waals surface area contributed by atoms with Gasteiger partial charge >= 0.3 is 5.97 Å². The van der Waals surface area contributed by atoms with Crippen molar-refractivity contribution in [2.24, 2.45) is 0 Å². The normalized spacial score (nSPS) is 10.7. The molecular formula is C20H19ClN2O2. The first-order chi connectivity index (χ1) is 12.0. The lowest BCUT2D eigenvalue weighted by molar-refractivity contribution is 0.0472. The van der Waals surface area contributed by atoms with Gasteiger partial charge in [-0.15, -0.1) is 0 Å². The second kappa shape index (κ2) is 7.11. The second-order valence-electron chi connectivity index (χ2n) is 5.95. The molecular weight excluding hydrogens is 336 g/mol. The highest BCUT2D eigenvalue weighted by Gasteiger charge is 2.12. The molecule has 1 heterocycles. The molecule has 0 saturated heterocycles. The summed E-state index contributed by atoms with van der Waals surface area (Å²) < 4.78 is 7.17. The summed E-state index contributed by atoms with van der Waals surface area (Å²) in [6, 6.07) is 15.0. The standard InChI is InChI=1S/C20H19ClN2O2/c1-13-6-4-5-7-17(13)12-25-20(24)16-8-10-18(11-9-16)23-15(3)19(21)14(2)22-23/h4-11H,12H2,1-3H3. The maximum atomic E-state index is 12.2. The monoisotopic (exact) mass is 354 g/mol. The van der Waals surface area contributed by atoms with Crippen LogP contribution in [-0.4, -0.2) is 15.7 Å². The number of aryl methyl sites for hydroxylation is 2. The van der Waals surface area contributed by atoms with Gasteiger partial charge in [0.25, 0.3) is 0 Å². The zero-order valence-electron chi connectivity index (χ0n) is 14.4. The molecule has 0 amide bonds. The molecule has 0 N–H and O–H groups in total. The third-order valence-electron chi connectivity index (χ3n) is 4.17. The number of carbonyl (C=O) groups excluding carboxylic acids is 1. The van der Waals surface area contributed by atoms with E-state index in [9.17, 15) is 4.79 Å². The fourth-order valence-electron chi connectivity index (χ4n) is 2.61. The van der Waals surface area contributed by atoms with Gasteiger partial charge in [-0.2, -0.15) is 5.10 Å². The van der Waals surface area contributed by atoms with Crippen molar-refractivity contribution in [2.75, 3.05) is 0 Å². The van der Waals surface area contributed by atoms with Crippen LogP contribution in [0.5, 0.6) is 0 Å². The number of aromatic nitrogens is 2. The molecule has 0 bridgehead atoms. The van der Waals surface area contributed by atoms with Crippen LogP contribution in [0.2, 0.25) is 5.02 Å². The van der Waals surface area contributed by atoms with Gasteiger partial charge in [0.15, 0.2) is 0 Å². The molecule has 25 heavy (non-hydrogen) atoms. The van der Waals surface area contributed by atoms with Crippen molar-refractivity contribution in [3.8, 4) is 5.69 Å². The largest absolute Gasteiger partial charge is 0.457 e. The van der Waals surface area contributed by atoms with Crippen LogP contribution in [0.4, 0.5) is 0 Å². The van der Waals surface area contributed by atoms with Crippen molar-refractivity contribution in [1.82, 2.24) is 9.78 Å². The Morgan fingerprint density at radius 1 is 1.08 bits per heavy atom. The van der Waals surface area contributed by atoms with Gasteiger partial charge in [-0.3, -0.25) is 0 Å². The molecule has 0 fully saturated rings. The Balaban J connectivity index is 1.72. The average Bonchev–Trinajstić information content (AvgIpc) is 2.88. The molecule has 4 nitrogen and oxygen atoms in total. The number of carbonyl (C=O) groups is 1. The summed E-state index contributed by atoms with van der Waals surface area (Å²) in [6.07, 6.45) is 0. The molecule has 0 saturated carbocycles. The van der Waals surface area contributed by atoms with E-state index in [-0.39, 0.29) is 12.6 Å². The fraction of sp³-hybridized carbons (Fsp3) is 0.200. The number of benzene rings is 2. The van der Waals surface area contributed by atoms with Crippen LogP contribution in [0, 0.1) is 20.8 Å². The van der Waals surface area contributed by atoms with Crippen molar-refractivity contribution in [3.05, 3.63) is 81.6 Å². The first-order valence-corrected chi connectivity index (χ1v) is 8.39. The van der Waals surface area contributed by atoms with Gasteiger partial charge in [0.2, 0.25) is 0 Å². The molecule has 3 rings (SSSR count). The average molecular weight is 355 g/mol. The Morgan fingerprint density at radius 2 is 1.76 bits per heavy atom. The molecule has 2 aromatic carbocycles. The van der Waals surface area contributed by atoms with Crippen molar-refractivity contribution in [2.45, 2.75) is 27.4 Å². The molecule has 0 unspecified atom stereocenters. The minimum atomic E-state index is -0.346. The number of nitrogens with zero attached hydrogens (tertiary/aromatic N) is 2. The van der Waals surface area contributed by atoms with Crippen LogP contribution in [0.15, 0.2) is 48.5 Å². The van der Waals surface area contributed by atoms with Crippen LogP contribution in [0.1, 0.15) is 32.9 Å². The van der Waals surface area contributed by atoms with E-state index in [0.717, 1.165) is 28.2 Å². The van der Waals surface area contributed by atoms with Crippen molar-refractivity contribution < 1.29 is 9.53 Å². The van der Waals surface area contributed by atoms with E-state index in [1.54, 1.807) is 16.8 Å². The third kappa shape index (κ3) is 3.59. The lowest BCUT2D eigenvalue weighted by Gasteiger charge is -2.08. The Morgan fingerprint density at radius 3 is 2.36 bits per heavy atom. The van der Waals surface area contributed by atoms with Gasteiger partial charge in [-0.1, -0.05) is 35.9 Å². The van der Waals surface area contributed by atoms with Crippen LogP contribution in [0.25, 0.3) is 5.69 Å². The molecule has 0 aliphatic rings. The van der Waals surface area contributed by atoms with Gasteiger partial charge in [0.1, 0.15) is 6.61 Å². The van der Waals surface area contributed by atoms with Crippen LogP contribution >= 0.6 is 11.6 Å². The van der Waals surface area contributed by atoms with Gasteiger partial charge in [-0.05, 0) is 56.2 Å². The third-order valence-corrected chi connectivity index (χ3v) is 4.72. The van der Waals surface area contributed by atoms with Gasteiger partial charge in [0.05, 0.1) is 27.7 Å². The molecule has 5 heteroatoms. The van der Waals surface area contributed by atoms with Crippen LogP contribution in [-0.2, 0) is 11.3 Å². The summed E-state index contributed by atoms with van der Waals surface area (Å²) in [5, 5.41) is 5.06. The zero-order chi connectivity index (χ0) is 18.0. The minimum absolute atomic E-state index is 0.264. The van der Waals surface area contributed by atoms with Gasteiger partial charge in [-0.25, -0.2) is 9.48 Å². The predicted octanol–water partition coefficient (Wildman–Crippen LogP) is 4.81. The Labute approximate surface area is 152 Å². The summed E-state index contributed by atoms with van der Waals surface area (Å²) in [5.41, 5.74) is 5.11. The van der Waals surface area contributed by atoms with E-state index < -0.39 is 0 Å². The van der Waals surface area contributed by atoms with Gasteiger partial charge in [0, 0.05) is 0 Å². The van der Waals surface area contributed by atoms with E-state index >= 15 is 0 Å². The molecule has 0 aliphatic carbocycles. The van der Waals surface area contributed by atoms with E-state index in [4.69, 9.17) is 16.3 Å². The quantitative estimate of drug-likeness (QED) is 0.631. The van der Waals surface area contributed by atoms with Crippen molar-refractivity contribution in [1.29, 1.82) is 0 Å². The summed E-state index contributed by atoms with van der Waals surface area (Å²) >= 11 is 6.18. The molecule has 0 atom stereocenters. The van der Waals surface area contributed by atoms with E-state index in [1.165, 1.54) is 0 Å². The zero-order valence-corrected chi connectivity index (χ0v) is 15.2. The number of ether oxygens (including phenoxy) is 1. The second-order valence-corrected chi connectivity index (χ2v) is 6.32. The van der Waals surface area contributed by atoms with Crippen molar-refractivity contribution in [3.63, 3.8) is 0 Å². The molecule has 0 aliphatic heterocycles. The lowest BCUT2D eigenvalue weighted by Crippen LogP contribution is -2.07. The summed E-state index contributed by atoms with van der Waals surface area (Å²) in [7, 11) is 0. The summed E-state index contributed by atoms with van der Waals surface area (Å²) in [4.78, 5) is 12.2. The Hall–Kier alpha value is -2.59. The highest BCUT2D eigenvalue weighted by atomic mass is 35.5. The maximum absolute atomic E-state index is 12.2. The van der Waals surface area contributed by atoms with Gasteiger partial charge < -0.3 is 4.74 Å². The first-order valence-electron chi connectivity index (χ1n) is 8.01. The fourth-order valence-corrected chi connectivity index (χ4v) is 2.73. The topological polar surface area (TPSA) is 44.1 Å². The number of hydrogen-bond donors (Lipinski definition) is 0. The first kappa shape index (κ1) is 17.2. The Bertz CT molecular complexity index is 914. The van der Waals surface area contributed by atoms with E-state index in [1.807, 2.05) is 57.2 Å². The molecule has 0 radical (unpaired) electrons. The Kier molecular flexibility index (Phi) is 4.91. The SMILES string of the molecule is Cc1ccccc1COC(=O)c1ccc(-n2nc(C)c(Cl)c2C)cc1.